The van der Waals surface area contributed by atoms with Crippen LogP contribution in [-0.2, 0) is 4.79 Å². The number of alkyl halides is 1. The predicted molar refractivity (Wildman–Crippen MR) is 64.2 cm³/mol. The van der Waals surface area contributed by atoms with Crippen molar-refractivity contribution in [2.24, 2.45) is 11.3 Å². The number of Topliss-reactive ketones (excluding diaryl/α,β-unsaturated/α-hetero) is 1. The van der Waals surface area contributed by atoms with Gasteiger partial charge in [0.25, 0.3) is 0 Å². The van der Waals surface area contributed by atoms with Crippen LogP contribution in [0, 0.1) is 11.3 Å². The molecule has 0 aliphatic heterocycles. The summed E-state index contributed by atoms with van der Waals surface area (Å²) in [6.45, 7) is 3.94. The van der Waals surface area contributed by atoms with E-state index in [1.165, 1.54) is 0 Å². The summed E-state index contributed by atoms with van der Waals surface area (Å²) in [6, 6.07) is 0. The lowest BCUT2D eigenvalue weighted by atomic mass is 9.72. The van der Waals surface area contributed by atoms with Crippen LogP contribution in [0.4, 0.5) is 0 Å². The van der Waals surface area contributed by atoms with Crippen LogP contribution in [0.25, 0.3) is 0 Å². The average Bonchev–Trinajstić information content (AvgIpc) is 2.53. The average molecular weight is 292 g/mol. The van der Waals surface area contributed by atoms with Crippen molar-refractivity contribution in [3.63, 3.8) is 0 Å². The Kier molecular flexibility index (Phi) is 3.95. The summed E-state index contributed by atoms with van der Waals surface area (Å²) in [7, 11) is 0. The third kappa shape index (κ3) is 2.14. The summed E-state index contributed by atoms with van der Waals surface area (Å²) in [6.07, 6.45) is 7.55. The number of ketones is 1. The number of hydrogen-bond donors (Lipinski definition) is 0. The third-order valence-electron chi connectivity index (χ3n) is 3.22. The van der Waals surface area contributed by atoms with E-state index in [1.807, 2.05) is 0 Å². The molecule has 2 heteroatoms. The molecule has 0 N–H and O–H groups in total. The first kappa shape index (κ1) is 11.2. The van der Waals surface area contributed by atoms with Gasteiger partial charge in [-0.25, -0.2) is 0 Å². The number of halogens is 1. The molecule has 0 radical (unpaired) electrons. The van der Waals surface area contributed by atoms with Crippen molar-refractivity contribution in [2.45, 2.75) is 33.1 Å². The fourth-order valence-electron chi connectivity index (χ4n) is 2.17. The highest BCUT2D eigenvalue weighted by molar-refractivity contribution is 14.1. The Hall–Kier alpha value is 0.140. The van der Waals surface area contributed by atoms with E-state index >= 15 is 0 Å². The van der Waals surface area contributed by atoms with E-state index < -0.39 is 0 Å². The molecule has 0 saturated carbocycles. The molecule has 0 spiro atoms. The quantitative estimate of drug-likeness (QED) is 0.441. The first-order chi connectivity index (χ1) is 6.13. The molecule has 13 heavy (non-hydrogen) atoms. The smallest absolute Gasteiger partial charge is 0.139 e. The van der Waals surface area contributed by atoms with Gasteiger partial charge in [-0.05, 0) is 36.5 Å². The lowest BCUT2D eigenvalue weighted by Gasteiger charge is -2.31. The second-order valence-electron chi connectivity index (χ2n) is 3.92. The van der Waals surface area contributed by atoms with Crippen LogP contribution in [0.5, 0.6) is 0 Å². The molecule has 0 heterocycles. The largest absolute Gasteiger partial charge is 0.299 e. The molecule has 0 fully saturated rings. The molecule has 0 unspecified atom stereocenters. The summed E-state index contributed by atoms with van der Waals surface area (Å²) >= 11 is 2.38. The zero-order chi connectivity index (χ0) is 9.90. The van der Waals surface area contributed by atoms with Gasteiger partial charge in [-0.1, -0.05) is 41.7 Å². The van der Waals surface area contributed by atoms with E-state index in [-0.39, 0.29) is 5.41 Å². The van der Waals surface area contributed by atoms with Crippen LogP contribution in [0.2, 0.25) is 0 Å². The van der Waals surface area contributed by atoms with E-state index in [0.717, 1.165) is 23.7 Å². The van der Waals surface area contributed by atoms with Crippen molar-refractivity contribution < 1.29 is 4.79 Å². The summed E-state index contributed by atoms with van der Waals surface area (Å²) in [5, 5.41) is 0. The van der Waals surface area contributed by atoms with Crippen molar-refractivity contribution in [3.8, 4) is 0 Å². The monoisotopic (exact) mass is 292 g/mol. The van der Waals surface area contributed by atoms with Gasteiger partial charge in [0.05, 0.1) is 0 Å². The van der Waals surface area contributed by atoms with Crippen LogP contribution < -0.4 is 0 Å². The zero-order valence-electron chi connectivity index (χ0n) is 8.35. The van der Waals surface area contributed by atoms with Crippen molar-refractivity contribution in [2.75, 3.05) is 4.43 Å². The van der Waals surface area contributed by atoms with Crippen molar-refractivity contribution in [1.82, 2.24) is 0 Å². The van der Waals surface area contributed by atoms with Crippen LogP contribution in [0.1, 0.15) is 33.1 Å². The summed E-state index contributed by atoms with van der Waals surface area (Å²) in [5.74, 6) is 0.847. The minimum atomic E-state index is -0.120. The SMILES string of the molecule is CC(=O)[C@]1([C@H](C)CCI)C=CCC1. The molecule has 0 aromatic rings. The molecule has 0 saturated heterocycles. The van der Waals surface area contributed by atoms with Crippen LogP contribution in [-0.4, -0.2) is 10.2 Å². The molecular weight excluding hydrogens is 275 g/mol. The van der Waals surface area contributed by atoms with Gasteiger partial charge in [0.2, 0.25) is 0 Å². The minimum Gasteiger partial charge on any atom is -0.299 e. The maximum Gasteiger partial charge on any atom is 0.139 e. The van der Waals surface area contributed by atoms with Crippen molar-refractivity contribution in [1.29, 1.82) is 0 Å². The highest BCUT2D eigenvalue weighted by Crippen LogP contribution is 2.41. The lowest BCUT2D eigenvalue weighted by molar-refractivity contribution is -0.126. The second-order valence-corrected chi connectivity index (χ2v) is 5.00. The number of rotatable bonds is 4. The van der Waals surface area contributed by atoms with Crippen LogP contribution >= 0.6 is 22.6 Å². The van der Waals surface area contributed by atoms with Crippen molar-refractivity contribution >= 4 is 28.4 Å². The first-order valence-corrected chi connectivity index (χ1v) is 6.41. The number of carbonyl (C=O) groups is 1. The maximum atomic E-state index is 11.6. The van der Waals surface area contributed by atoms with E-state index in [4.69, 9.17) is 0 Å². The molecule has 0 amide bonds. The van der Waals surface area contributed by atoms with Gasteiger partial charge in [0.15, 0.2) is 0 Å². The molecule has 2 atom stereocenters. The molecule has 0 bridgehead atoms. The van der Waals surface area contributed by atoms with Gasteiger partial charge in [-0.2, -0.15) is 0 Å². The fraction of sp³-hybridized carbons (Fsp3) is 0.727. The number of allylic oxidation sites excluding steroid dienone is 2. The summed E-state index contributed by atoms with van der Waals surface area (Å²) < 4.78 is 1.14. The van der Waals surface area contributed by atoms with Gasteiger partial charge in [-0.3, -0.25) is 4.79 Å². The molecule has 1 rings (SSSR count). The second kappa shape index (κ2) is 4.58. The normalized spacial score (nSPS) is 29.2. The van der Waals surface area contributed by atoms with Crippen LogP contribution in [0.3, 0.4) is 0 Å². The van der Waals surface area contributed by atoms with Gasteiger partial charge in [-0.15, -0.1) is 0 Å². The van der Waals surface area contributed by atoms with E-state index in [1.54, 1.807) is 6.92 Å². The Balaban J connectivity index is 2.78. The van der Waals surface area contributed by atoms with E-state index in [9.17, 15) is 4.79 Å². The Labute approximate surface area is 94.1 Å². The third-order valence-corrected chi connectivity index (χ3v) is 3.84. The summed E-state index contributed by atoms with van der Waals surface area (Å²) in [4.78, 5) is 11.6. The summed E-state index contributed by atoms with van der Waals surface area (Å²) in [5.41, 5.74) is -0.120. The Morgan fingerprint density at radius 3 is 2.77 bits per heavy atom. The Morgan fingerprint density at radius 1 is 1.69 bits per heavy atom. The molecule has 74 valence electrons. The molecule has 1 aliphatic carbocycles. The molecule has 1 nitrogen and oxygen atoms in total. The van der Waals surface area contributed by atoms with Crippen molar-refractivity contribution in [3.05, 3.63) is 12.2 Å². The fourth-order valence-corrected chi connectivity index (χ4v) is 3.11. The topological polar surface area (TPSA) is 17.1 Å². The molecule has 0 aromatic carbocycles. The standard InChI is InChI=1S/C11H17IO/c1-9(5-8-12)11(10(2)13)6-3-4-7-11/h3,6,9H,4-5,7-8H2,1-2H3/t9-,11-/m1/s1. The van der Waals surface area contributed by atoms with E-state index in [2.05, 4.69) is 41.7 Å². The Bertz CT molecular complexity index is 222. The molecule has 0 aromatic heterocycles. The van der Waals surface area contributed by atoms with E-state index in [0.29, 0.717) is 11.7 Å². The molecular formula is C11H17IO. The van der Waals surface area contributed by atoms with Gasteiger partial charge in [0.1, 0.15) is 5.78 Å². The highest BCUT2D eigenvalue weighted by Gasteiger charge is 2.39. The zero-order valence-corrected chi connectivity index (χ0v) is 10.5. The minimum absolute atomic E-state index is 0.120. The predicted octanol–water partition coefficient (Wildman–Crippen LogP) is 3.37. The molecule has 1 aliphatic rings. The highest BCUT2D eigenvalue weighted by atomic mass is 127. The van der Waals surface area contributed by atoms with Gasteiger partial charge in [0, 0.05) is 5.41 Å². The lowest BCUT2D eigenvalue weighted by Crippen LogP contribution is -2.32. The van der Waals surface area contributed by atoms with Gasteiger partial charge >= 0.3 is 0 Å². The number of hydrogen-bond acceptors (Lipinski definition) is 1. The maximum absolute atomic E-state index is 11.6. The van der Waals surface area contributed by atoms with Crippen LogP contribution in [0.15, 0.2) is 12.2 Å². The number of carbonyl (C=O) groups excluding carboxylic acids is 1. The Morgan fingerprint density at radius 2 is 2.38 bits per heavy atom. The first-order valence-electron chi connectivity index (χ1n) is 4.88. The van der Waals surface area contributed by atoms with Gasteiger partial charge < -0.3 is 0 Å².